The van der Waals surface area contributed by atoms with Crippen LogP contribution in [0.2, 0.25) is 0 Å². The van der Waals surface area contributed by atoms with Gasteiger partial charge in [0.25, 0.3) is 0 Å². The molecule has 0 unspecified atom stereocenters. The van der Waals surface area contributed by atoms with Crippen LogP contribution in [0.3, 0.4) is 0 Å². The molecule has 0 aliphatic carbocycles. The fraction of sp³-hybridized carbons (Fsp3) is 0.483. The molecular formula is C29H37N3O3S. The van der Waals surface area contributed by atoms with Crippen molar-refractivity contribution in [2.75, 3.05) is 39.3 Å². The molecule has 0 aromatic heterocycles. The second-order valence-electron chi connectivity index (χ2n) is 10.1. The lowest BCUT2D eigenvalue weighted by atomic mass is 9.93. The van der Waals surface area contributed by atoms with Gasteiger partial charge in [-0.15, -0.1) is 0 Å². The molecule has 36 heavy (non-hydrogen) atoms. The monoisotopic (exact) mass is 507 g/mol. The van der Waals surface area contributed by atoms with Gasteiger partial charge in [-0.25, -0.2) is 8.42 Å². The number of amides is 1. The molecule has 192 valence electrons. The molecule has 0 N–H and O–H groups in total. The van der Waals surface area contributed by atoms with Gasteiger partial charge >= 0.3 is 0 Å². The lowest BCUT2D eigenvalue weighted by Crippen LogP contribution is -2.52. The first-order valence-corrected chi connectivity index (χ1v) is 14.8. The van der Waals surface area contributed by atoms with Crippen molar-refractivity contribution in [2.24, 2.45) is 5.92 Å². The molecule has 2 heterocycles. The predicted molar refractivity (Wildman–Crippen MR) is 145 cm³/mol. The van der Waals surface area contributed by atoms with E-state index >= 15 is 0 Å². The molecule has 2 aliphatic rings. The number of benzene rings is 3. The fourth-order valence-electron chi connectivity index (χ4n) is 6.16. The Balaban J connectivity index is 1.35. The minimum Gasteiger partial charge on any atom is -0.343 e. The summed E-state index contributed by atoms with van der Waals surface area (Å²) in [6.45, 7) is 8.39. The van der Waals surface area contributed by atoms with Gasteiger partial charge in [-0.1, -0.05) is 48.5 Å². The van der Waals surface area contributed by atoms with Crippen LogP contribution in [0, 0.1) is 5.92 Å². The van der Waals surface area contributed by atoms with Gasteiger partial charge in [-0.3, -0.25) is 9.69 Å². The Hall–Kier alpha value is -2.48. The van der Waals surface area contributed by atoms with Crippen LogP contribution in [-0.4, -0.2) is 73.7 Å². The van der Waals surface area contributed by atoms with Crippen LogP contribution in [0.15, 0.2) is 59.5 Å². The van der Waals surface area contributed by atoms with Crippen molar-refractivity contribution in [3.63, 3.8) is 0 Å². The van der Waals surface area contributed by atoms with E-state index < -0.39 is 10.0 Å². The molecule has 1 atom stereocenters. The third kappa shape index (κ3) is 4.64. The number of piperidine rings is 2. The summed E-state index contributed by atoms with van der Waals surface area (Å²) < 4.78 is 29.8. The summed E-state index contributed by atoms with van der Waals surface area (Å²) in [5, 5.41) is 3.46. The third-order valence-corrected chi connectivity index (χ3v) is 10.1. The van der Waals surface area contributed by atoms with Crippen LogP contribution in [0.5, 0.6) is 0 Å². The van der Waals surface area contributed by atoms with Gasteiger partial charge in [0.15, 0.2) is 0 Å². The quantitative estimate of drug-likeness (QED) is 0.453. The molecule has 1 amide bonds. The summed E-state index contributed by atoms with van der Waals surface area (Å²) >= 11 is 0. The van der Waals surface area contributed by atoms with Crippen molar-refractivity contribution in [1.82, 2.24) is 14.1 Å². The van der Waals surface area contributed by atoms with Crippen molar-refractivity contribution in [1.29, 1.82) is 0 Å². The molecule has 2 aliphatic heterocycles. The van der Waals surface area contributed by atoms with Gasteiger partial charge < -0.3 is 4.90 Å². The Labute approximate surface area is 214 Å². The number of hydrogen-bond donors (Lipinski definition) is 0. The van der Waals surface area contributed by atoms with Crippen LogP contribution < -0.4 is 0 Å². The zero-order chi connectivity index (χ0) is 25.3. The molecule has 3 aromatic rings. The van der Waals surface area contributed by atoms with Crippen molar-refractivity contribution < 1.29 is 13.2 Å². The third-order valence-electron chi connectivity index (χ3n) is 8.14. The smallest absolute Gasteiger partial charge is 0.244 e. The van der Waals surface area contributed by atoms with Crippen LogP contribution in [0.4, 0.5) is 0 Å². The maximum Gasteiger partial charge on any atom is 0.244 e. The lowest BCUT2D eigenvalue weighted by molar-refractivity contribution is -0.137. The first-order valence-electron chi connectivity index (χ1n) is 13.4. The highest BCUT2D eigenvalue weighted by molar-refractivity contribution is 7.89. The number of likely N-dealkylation sites (tertiary alicyclic amines) is 1. The molecule has 6 nitrogen and oxygen atoms in total. The van der Waals surface area contributed by atoms with Gasteiger partial charge in [0.1, 0.15) is 0 Å². The SMILES string of the molecule is CCN(CC)C(=O)[C@@H]1CCCN(C2CCN(S(=O)(=O)c3c4ccccc4cc4ccccc34)CC2)C1. The van der Waals surface area contributed by atoms with E-state index in [1.807, 2.05) is 67.3 Å². The molecule has 0 spiro atoms. The number of rotatable bonds is 6. The summed E-state index contributed by atoms with van der Waals surface area (Å²) in [7, 11) is -3.66. The predicted octanol–water partition coefficient (Wildman–Crippen LogP) is 4.73. The molecular weight excluding hydrogens is 470 g/mol. The number of carbonyl (C=O) groups is 1. The van der Waals surface area contributed by atoms with E-state index in [2.05, 4.69) is 11.0 Å². The van der Waals surface area contributed by atoms with Crippen LogP contribution in [0.25, 0.3) is 21.5 Å². The summed E-state index contributed by atoms with van der Waals surface area (Å²) in [5.41, 5.74) is 0. The summed E-state index contributed by atoms with van der Waals surface area (Å²) in [5.74, 6) is 0.329. The minimum absolute atomic E-state index is 0.0578. The Morgan fingerprint density at radius 2 is 1.47 bits per heavy atom. The Morgan fingerprint density at radius 1 is 0.889 bits per heavy atom. The van der Waals surface area contributed by atoms with Gasteiger partial charge in [0.2, 0.25) is 15.9 Å². The zero-order valence-electron chi connectivity index (χ0n) is 21.4. The number of sulfonamides is 1. The second kappa shape index (κ2) is 10.5. The van der Waals surface area contributed by atoms with E-state index in [1.54, 1.807) is 4.31 Å². The van der Waals surface area contributed by atoms with Crippen molar-refractivity contribution >= 4 is 37.5 Å². The zero-order valence-corrected chi connectivity index (χ0v) is 22.2. The first-order chi connectivity index (χ1) is 17.4. The van der Waals surface area contributed by atoms with Gasteiger partial charge in [-0.2, -0.15) is 4.31 Å². The van der Waals surface area contributed by atoms with Crippen LogP contribution >= 0.6 is 0 Å². The van der Waals surface area contributed by atoms with Gasteiger partial charge in [-0.05, 0) is 62.9 Å². The van der Waals surface area contributed by atoms with E-state index in [9.17, 15) is 13.2 Å². The van der Waals surface area contributed by atoms with Crippen molar-refractivity contribution in [3.8, 4) is 0 Å². The molecule has 0 radical (unpaired) electrons. The maximum atomic E-state index is 14.0. The molecule has 2 fully saturated rings. The van der Waals surface area contributed by atoms with Crippen molar-refractivity contribution in [3.05, 3.63) is 54.6 Å². The van der Waals surface area contributed by atoms with Gasteiger partial charge in [0, 0.05) is 49.5 Å². The Kier molecular flexibility index (Phi) is 7.33. The average Bonchev–Trinajstić information content (AvgIpc) is 2.92. The summed E-state index contributed by atoms with van der Waals surface area (Å²) in [4.78, 5) is 17.8. The van der Waals surface area contributed by atoms with E-state index in [4.69, 9.17) is 0 Å². The highest BCUT2D eigenvalue weighted by Crippen LogP contribution is 2.35. The molecule has 3 aromatic carbocycles. The lowest BCUT2D eigenvalue weighted by Gasteiger charge is -2.42. The Bertz CT molecular complexity index is 1290. The van der Waals surface area contributed by atoms with Crippen LogP contribution in [-0.2, 0) is 14.8 Å². The van der Waals surface area contributed by atoms with E-state index in [0.29, 0.717) is 24.0 Å². The second-order valence-corrected chi connectivity index (χ2v) is 12.0. The normalized spacial score (nSPS) is 20.7. The summed E-state index contributed by atoms with van der Waals surface area (Å²) in [6, 6.07) is 17.9. The Morgan fingerprint density at radius 3 is 2.06 bits per heavy atom. The standard InChI is InChI=1S/C29H37N3O3S/c1-3-30(4-2)29(33)24-12-9-17-31(21-24)25-15-18-32(19-16-25)36(34,35)28-26-13-7-5-10-22(26)20-23-11-6-8-14-27(23)28/h5-8,10-11,13-14,20,24-25H,3-4,9,12,15-19,21H2,1-2H3/t24-/m1/s1. The van der Waals surface area contributed by atoms with Crippen molar-refractivity contribution in [2.45, 2.75) is 50.5 Å². The highest BCUT2D eigenvalue weighted by Gasteiger charge is 2.36. The number of nitrogens with zero attached hydrogens (tertiary/aromatic N) is 3. The molecule has 7 heteroatoms. The molecule has 5 rings (SSSR count). The maximum absolute atomic E-state index is 14.0. The highest BCUT2D eigenvalue weighted by atomic mass is 32.2. The number of carbonyl (C=O) groups excluding carboxylic acids is 1. The van der Waals surface area contributed by atoms with E-state index in [1.165, 1.54) is 0 Å². The first kappa shape index (κ1) is 25.2. The number of hydrogen-bond acceptors (Lipinski definition) is 4. The van der Waals surface area contributed by atoms with Gasteiger partial charge in [0.05, 0.1) is 10.8 Å². The minimum atomic E-state index is -3.66. The van der Waals surface area contributed by atoms with Crippen LogP contribution in [0.1, 0.15) is 39.5 Å². The van der Waals surface area contributed by atoms with E-state index in [0.717, 1.165) is 73.4 Å². The fourth-order valence-corrected chi connectivity index (χ4v) is 8.04. The number of fused-ring (bicyclic) bond motifs is 2. The molecule has 0 bridgehead atoms. The van der Waals surface area contributed by atoms with E-state index in [-0.39, 0.29) is 11.8 Å². The average molecular weight is 508 g/mol. The molecule has 2 saturated heterocycles. The molecule has 0 saturated carbocycles. The summed E-state index contributed by atoms with van der Waals surface area (Å²) in [6.07, 6.45) is 3.58. The largest absolute Gasteiger partial charge is 0.343 e. The topological polar surface area (TPSA) is 60.9 Å².